The Morgan fingerprint density at radius 2 is 2.00 bits per heavy atom. The molecule has 3 aliphatic carbocycles. The molecule has 3 heteroatoms. The lowest BCUT2D eigenvalue weighted by Crippen LogP contribution is -2.52. The van der Waals surface area contributed by atoms with Gasteiger partial charge in [0.05, 0.1) is 12.0 Å². The maximum absolute atomic E-state index is 12.3. The number of Topliss-reactive ketones (excluding diaryl/α,β-unsaturated/α-hetero) is 1. The summed E-state index contributed by atoms with van der Waals surface area (Å²) in [5.41, 5.74) is -0.613. The van der Waals surface area contributed by atoms with Gasteiger partial charge >= 0.3 is 0 Å². The average Bonchev–Trinajstić information content (AvgIpc) is 2.35. The number of allylic oxidation sites excluding steroid dienone is 1. The Balaban J connectivity index is 2.25. The minimum atomic E-state index is -1.34. The molecule has 3 rings (SSSR count). The Bertz CT molecular complexity index is 451. The van der Waals surface area contributed by atoms with Gasteiger partial charge in [-0.3, -0.25) is 4.79 Å². The Morgan fingerprint density at radius 1 is 1.39 bits per heavy atom. The minimum Gasteiger partial charge on any atom is -0.389 e. The van der Waals surface area contributed by atoms with Gasteiger partial charge in [0.25, 0.3) is 0 Å². The Labute approximate surface area is 108 Å². The topological polar surface area (TPSA) is 57.5 Å². The van der Waals surface area contributed by atoms with Crippen LogP contribution in [0, 0.1) is 29.1 Å². The van der Waals surface area contributed by atoms with Crippen molar-refractivity contribution in [1.29, 1.82) is 0 Å². The van der Waals surface area contributed by atoms with E-state index < -0.39 is 23.0 Å². The zero-order valence-corrected chi connectivity index (χ0v) is 11.5. The quantitative estimate of drug-likeness (QED) is 0.641. The summed E-state index contributed by atoms with van der Waals surface area (Å²) in [7, 11) is 0. The van der Waals surface area contributed by atoms with Crippen molar-refractivity contribution < 1.29 is 15.0 Å². The number of rotatable bonds is 0. The summed E-state index contributed by atoms with van der Waals surface area (Å²) in [6.07, 6.45) is 1.45. The van der Waals surface area contributed by atoms with Crippen molar-refractivity contribution in [2.24, 2.45) is 29.1 Å². The van der Waals surface area contributed by atoms with Gasteiger partial charge in [0.1, 0.15) is 11.4 Å². The van der Waals surface area contributed by atoms with Crippen LogP contribution in [-0.4, -0.2) is 27.7 Å². The van der Waals surface area contributed by atoms with Crippen LogP contribution in [0.3, 0.4) is 0 Å². The molecule has 2 fully saturated rings. The number of carbonyl (C=O) groups is 1. The standard InChI is InChI=1S/C15H22O3/c1-7-5-9(16)11-12-10(7)8(2)6-15(11,18)13(17)14(12,3)4/h6-7,10-13,17-18H,5H2,1-4H3/t7-,10?,11?,12?,13+,15-/m1/s1. The van der Waals surface area contributed by atoms with Crippen molar-refractivity contribution in [2.75, 3.05) is 0 Å². The smallest absolute Gasteiger partial charge is 0.139 e. The highest BCUT2D eigenvalue weighted by Crippen LogP contribution is 2.64. The third kappa shape index (κ3) is 1.15. The molecule has 0 aliphatic heterocycles. The van der Waals surface area contributed by atoms with Crippen molar-refractivity contribution in [2.45, 2.75) is 45.8 Å². The molecule has 6 atom stereocenters. The van der Waals surface area contributed by atoms with Crippen LogP contribution in [0.1, 0.15) is 34.1 Å². The summed E-state index contributed by atoms with van der Waals surface area (Å²) < 4.78 is 0. The molecule has 0 amide bonds. The van der Waals surface area contributed by atoms with E-state index in [1.165, 1.54) is 0 Å². The lowest BCUT2D eigenvalue weighted by atomic mass is 9.56. The molecule has 100 valence electrons. The van der Waals surface area contributed by atoms with Crippen LogP contribution in [0.15, 0.2) is 11.6 Å². The normalized spacial score (nSPS) is 53.3. The second kappa shape index (κ2) is 3.26. The van der Waals surface area contributed by atoms with E-state index in [2.05, 4.69) is 6.92 Å². The van der Waals surface area contributed by atoms with Crippen molar-refractivity contribution >= 4 is 5.78 Å². The van der Waals surface area contributed by atoms with Gasteiger partial charge in [-0.2, -0.15) is 0 Å². The molecule has 0 heterocycles. The lowest BCUT2D eigenvalue weighted by Gasteiger charge is -2.47. The Kier molecular flexibility index (Phi) is 2.24. The average molecular weight is 250 g/mol. The zero-order chi connectivity index (χ0) is 13.5. The van der Waals surface area contributed by atoms with Crippen molar-refractivity contribution in [3.05, 3.63) is 11.6 Å². The van der Waals surface area contributed by atoms with Crippen LogP contribution >= 0.6 is 0 Å². The fraction of sp³-hybridized carbons (Fsp3) is 0.800. The van der Waals surface area contributed by atoms with Gasteiger partial charge in [0, 0.05) is 6.42 Å². The molecule has 0 aromatic carbocycles. The zero-order valence-electron chi connectivity index (χ0n) is 11.5. The molecule has 18 heavy (non-hydrogen) atoms. The van der Waals surface area contributed by atoms with Crippen LogP contribution < -0.4 is 0 Å². The lowest BCUT2D eigenvalue weighted by molar-refractivity contribution is -0.140. The first-order chi connectivity index (χ1) is 8.21. The van der Waals surface area contributed by atoms with Crippen LogP contribution in [0.4, 0.5) is 0 Å². The Hall–Kier alpha value is -0.670. The molecule has 3 unspecified atom stereocenters. The molecule has 0 radical (unpaired) electrons. The molecule has 0 saturated heterocycles. The molecule has 4 bridgehead atoms. The molecule has 2 N–H and O–H groups in total. The molecule has 0 aromatic rings. The largest absolute Gasteiger partial charge is 0.389 e. The third-order valence-corrected chi connectivity index (χ3v) is 5.71. The van der Waals surface area contributed by atoms with E-state index in [9.17, 15) is 15.0 Å². The van der Waals surface area contributed by atoms with E-state index in [-0.39, 0.29) is 11.7 Å². The van der Waals surface area contributed by atoms with Crippen molar-refractivity contribution in [3.63, 3.8) is 0 Å². The summed E-state index contributed by atoms with van der Waals surface area (Å²) in [6.45, 7) is 8.11. The number of aliphatic hydroxyl groups excluding tert-OH is 1. The fourth-order valence-electron chi connectivity index (χ4n) is 5.08. The van der Waals surface area contributed by atoms with Gasteiger partial charge in [0.15, 0.2) is 0 Å². The number of ketones is 1. The minimum absolute atomic E-state index is 0.0683. The Morgan fingerprint density at radius 3 is 2.61 bits per heavy atom. The first-order valence-electron chi connectivity index (χ1n) is 6.83. The van der Waals surface area contributed by atoms with Crippen LogP contribution in [0.25, 0.3) is 0 Å². The van der Waals surface area contributed by atoms with E-state index in [1.807, 2.05) is 20.8 Å². The molecular weight excluding hydrogens is 228 g/mol. The van der Waals surface area contributed by atoms with E-state index in [1.54, 1.807) is 6.08 Å². The van der Waals surface area contributed by atoms with E-state index in [4.69, 9.17) is 0 Å². The summed E-state index contributed by atoms with van der Waals surface area (Å²) in [4.78, 5) is 12.3. The maximum Gasteiger partial charge on any atom is 0.139 e. The summed E-state index contributed by atoms with van der Waals surface area (Å²) in [6, 6.07) is 0. The van der Waals surface area contributed by atoms with Crippen molar-refractivity contribution in [3.8, 4) is 0 Å². The monoisotopic (exact) mass is 250 g/mol. The molecular formula is C15H22O3. The van der Waals surface area contributed by atoms with Gasteiger partial charge in [-0.05, 0) is 30.1 Å². The first kappa shape index (κ1) is 12.4. The SMILES string of the molecule is CC1=C[C@@]2(O)C3C(=O)C[C@@H](C)C1C3C(C)(C)[C@@H]2O. The van der Waals surface area contributed by atoms with Crippen LogP contribution in [0.2, 0.25) is 0 Å². The first-order valence-corrected chi connectivity index (χ1v) is 6.83. The molecule has 0 spiro atoms. The van der Waals surface area contributed by atoms with Gasteiger partial charge in [0.2, 0.25) is 0 Å². The summed E-state index contributed by atoms with van der Waals surface area (Å²) in [5, 5.41) is 21.3. The number of hydrogen-bond donors (Lipinski definition) is 2. The third-order valence-electron chi connectivity index (χ3n) is 5.71. The highest BCUT2D eigenvalue weighted by Gasteiger charge is 2.70. The predicted octanol–water partition coefficient (Wildman–Crippen LogP) is 1.54. The number of hydrogen-bond acceptors (Lipinski definition) is 3. The number of aliphatic hydroxyl groups is 2. The number of carbonyl (C=O) groups excluding carboxylic acids is 1. The van der Waals surface area contributed by atoms with Gasteiger partial charge in [-0.25, -0.2) is 0 Å². The van der Waals surface area contributed by atoms with Gasteiger partial charge < -0.3 is 10.2 Å². The van der Waals surface area contributed by atoms with Gasteiger partial charge in [-0.15, -0.1) is 0 Å². The fourth-order valence-corrected chi connectivity index (χ4v) is 5.08. The molecule has 3 aliphatic rings. The summed E-state index contributed by atoms with van der Waals surface area (Å²) >= 11 is 0. The molecule has 2 saturated carbocycles. The van der Waals surface area contributed by atoms with E-state index in [0.29, 0.717) is 18.3 Å². The van der Waals surface area contributed by atoms with Crippen LogP contribution in [-0.2, 0) is 4.79 Å². The molecule has 3 nitrogen and oxygen atoms in total. The predicted molar refractivity (Wildman–Crippen MR) is 67.8 cm³/mol. The second-order valence-electron chi connectivity index (χ2n) is 7.18. The highest BCUT2D eigenvalue weighted by molar-refractivity contribution is 5.86. The van der Waals surface area contributed by atoms with Crippen molar-refractivity contribution in [1.82, 2.24) is 0 Å². The van der Waals surface area contributed by atoms with E-state index in [0.717, 1.165) is 5.57 Å². The van der Waals surface area contributed by atoms with Gasteiger partial charge in [-0.1, -0.05) is 32.4 Å². The summed E-state index contributed by atoms with van der Waals surface area (Å²) in [5.74, 6) is 0.412. The molecule has 0 aromatic heterocycles. The maximum atomic E-state index is 12.3. The van der Waals surface area contributed by atoms with Crippen LogP contribution in [0.5, 0.6) is 0 Å². The highest BCUT2D eigenvalue weighted by atomic mass is 16.3. The second-order valence-corrected chi connectivity index (χ2v) is 7.18. The van der Waals surface area contributed by atoms with E-state index >= 15 is 0 Å².